The quantitative estimate of drug-likeness (QED) is 0.488. The lowest BCUT2D eigenvalue weighted by atomic mass is 10.2. The number of hydrogen-bond acceptors (Lipinski definition) is 5. The molecule has 20 heavy (non-hydrogen) atoms. The highest BCUT2D eigenvalue weighted by Crippen LogP contribution is 2.13. The summed E-state index contributed by atoms with van der Waals surface area (Å²) in [4.78, 5) is 24.1. The van der Waals surface area contributed by atoms with Gasteiger partial charge in [0, 0.05) is 11.0 Å². The van der Waals surface area contributed by atoms with Crippen molar-refractivity contribution in [2.24, 2.45) is 0 Å². The van der Waals surface area contributed by atoms with Gasteiger partial charge in [0.1, 0.15) is 12.3 Å². The number of carbonyl (C=O) groups excluding carboxylic acids is 1. The van der Waals surface area contributed by atoms with Gasteiger partial charge in [0.05, 0.1) is 10.5 Å². The van der Waals surface area contributed by atoms with Crippen LogP contribution in [0.5, 0.6) is 0 Å². The second-order valence-electron chi connectivity index (χ2n) is 4.48. The van der Waals surface area contributed by atoms with E-state index in [1.165, 1.54) is 19.9 Å². The highest BCUT2D eigenvalue weighted by atomic mass is 16.5. The maximum atomic E-state index is 12.2. The first-order valence-corrected chi connectivity index (χ1v) is 6.05. The number of carbonyl (C=O) groups is 1. The average Bonchev–Trinajstić information content (AvgIpc) is 2.43. The maximum Gasteiger partial charge on any atom is 0.411 e. The molecule has 0 bridgehead atoms. The van der Waals surface area contributed by atoms with Crippen LogP contribution >= 0.6 is 0 Å². The van der Waals surface area contributed by atoms with Crippen molar-refractivity contribution in [3.05, 3.63) is 40.6 Å². The van der Waals surface area contributed by atoms with E-state index in [9.17, 15) is 14.9 Å². The summed E-state index contributed by atoms with van der Waals surface area (Å²) in [5, 5.41) is 19.1. The largest absolute Gasteiger partial charge is 0.455 e. The number of aromatic nitrogens is 2. The number of hydrogen-bond donors (Lipinski definition) is 2. The predicted molar refractivity (Wildman–Crippen MR) is 69.2 cm³/mol. The van der Waals surface area contributed by atoms with Crippen molar-refractivity contribution in [1.82, 2.24) is 4.73 Å². The van der Waals surface area contributed by atoms with Gasteiger partial charge in [-0.15, -0.1) is 0 Å². The topological polar surface area (TPSA) is 94.7 Å². The Bertz CT molecular complexity index is 721. The van der Waals surface area contributed by atoms with Gasteiger partial charge in [-0.3, -0.25) is 0 Å². The lowest BCUT2D eigenvalue weighted by Gasteiger charge is -2.07. The third-order valence-corrected chi connectivity index (χ3v) is 2.84. The summed E-state index contributed by atoms with van der Waals surface area (Å²) in [5.41, 5.74) is 0.179. The summed E-state index contributed by atoms with van der Waals surface area (Å²) in [6, 6.07) is 6.33. The smallest absolute Gasteiger partial charge is 0.411 e. The average molecular weight is 279 g/mol. The molecule has 2 N–H and O–H groups in total. The molecule has 2 aromatic rings. The zero-order chi connectivity index (χ0) is 14.9. The fourth-order valence-corrected chi connectivity index (χ4v) is 1.86. The van der Waals surface area contributed by atoms with Crippen LogP contribution < -0.4 is 4.43 Å². The Balaban J connectivity index is 2.59. The van der Waals surface area contributed by atoms with Crippen molar-refractivity contribution in [2.75, 3.05) is 6.61 Å². The van der Waals surface area contributed by atoms with E-state index in [1.807, 2.05) is 0 Å². The van der Waals surface area contributed by atoms with Crippen molar-refractivity contribution in [2.45, 2.75) is 20.0 Å². The summed E-state index contributed by atoms with van der Waals surface area (Å²) in [5.74, 6) is -0.896. The molecule has 1 aromatic heterocycles. The number of benzene rings is 1. The van der Waals surface area contributed by atoms with E-state index >= 15 is 0 Å². The Kier molecular flexibility index (Phi) is 3.71. The summed E-state index contributed by atoms with van der Waals surface area (Å²) in [6.45, 7) is 2.66. The first-order chi connectivity index (χ1) is 9.43. The van der Waals surface area contributed by atoms with Crippen molar-refractivity contribution >= 4 is 17.0 Å². The molecule has 2 rings (SSSR count). The molecular formula is C13H15N2O5+. The van der Waals surface area contributed by atoms with E-state index in [0.29, 0.717) is 4.43 Å². The number of nitrogens with zero attached hydrogens (tertiary/aromatic N) is 2. The number of para-hydroxylation sites is 2. The summed E-state index contributed by atoms with van der Waals surface area (Å²) in [6.07, 6.45) is -0.832. The van der Waals surface area contributed by atoms with Crippen molar-refractivity contribution in [1.29, 1.82) is 0 Å². The van der Waals surface area contributed by atoms with Gasteiger partial charge in [-0.25, -0.2) is 4.79 Å². The van der Waals surface area contributed by atoms with Crippen LogP contribution in [0.2, 0.25) is 0 Å². The highest BCUT2D eigenvalue weighted by molar-refractivity contribution is 5.88. The van der Waals surface area contributed by atoms with Gasteiger partial charge >= 0.3 is 11.7 Å². The lowest BCUT2D eigenvalue weighted by Crippen LogP contribution is -2.32. The fraction of sp³-hybridized carbons (Fsp3) is 0.308. The van der Waals surface area contributed by atoms with Gasteiger partial charge in [0.2, 0.25) is 0 Å². The maximum absolute atomic E-state index is 12.2. The minimum absolute atomic E-state index is 0.0642. The molecule has 106 valence electrons. The molecule has 1 aromatic carbocycles. The van der Waals surface area contributed by atoms with E-state index in [1.54, 1.807) is 18.2 Å². The van der Waals surface area contributed by atoms with Gasteiger partial charge in [0.25, 0.3) is 5.52 Å². The molecule has 0 aliphatic heterocycles. The van der Waals surface area contributed by atoms with E-state index < -0.39 is 12.1 Å². The summed E-state index contributed by atoms with van der Waals surface area (Å²) >= 11 is 0. The summed E-state index contributed by atoms with van der Waals surface area (Å²) < 4.78 is 6.01. The van der Waals surface area contributed by atoms with Crippen LogP contribution in [0.25, 0.3) is 11.0 Å². The zero-order valence-electron chi connectivity index (χ0n) is 11.1. The Hall–Kier alpha value is -2.41. The van der Waals surface area contributed by atoms with Gasteiger partial charge in [0.15, 0.2) is 5.52 Å². The molecule has 0 amide bonds. The van der Waals surface area contributed by atoms with Crippen molar-refractivity contribution < 1.29 is 24.3 Å². The molecule has 0 saturated heterocycles. The minimum atomic E-state index is -0.896. The minimum Gasteiger partial charge on any atom is -0.455 e. The SMILES string of the molecule is Cc1c(C(=O)OC[C@H](C)O)[n+](=O)c2ccccc2n1O. The van der Waals surface area contributed by atoms with Gasteiger partial charge < -0.3 is 15.1 Å². The summed E-state index contributed by atoms with van der Waals surface area (Å²) in [7, 11) is 0. The molecule has 0 aliphatic carbocycles. The van der Waals surface area contributed by atoms with Crippen molar-refractivity contribution in [3.8, 4) is 0 Å². The van der Waals surface area contributed by atoms with Crippen LogP contribution in [0.4, 0.5) is 0 Å². The molecule has 0 aliphatic rings. The van der Waals surface area contributed by atoms with Crippen LogP contribution in [0.15, 0.2) is 24.3 Å². The van der Waals surface area contributed by atoms with Crippen LogP contribution in [-0.2, 0) is 4.74 Å². The second-order valence-corrected chi connectivity index (χ2v) is 4.48. The Morgan fingerprint density at radius 2 is 2.10 bits per heavy atom. The molecule has 0 spiro atoms. The first kappa shape index (κ1) is 14.0. The standard InChI is InChI=1S/C13H15N2O5/c1-8(16)7-20-13(17)12-9(2)14(18)10-5-3-4-6-11(10)15(12)19/h3-6,8,16,18H,7H2,1-2H3/q+1/t8-/m0/s1. The lowest BCUT2D eigenvalue weighted by molar-refractivity contribution is -0.470. The monoisotopic (exact) mass is 279 g/mol. The van der Waals surface area contributed by atoms with Crippen LogP contribution in [0.3, 0.4) is 0 Å². The number of esters is 1. The number of fused-ring (bicyclic) bond motifs is 1. The third kappa shape index (κ3) is 2.35. The number of aliphatic hydroxyl groups excluding tert-OH is 1. The van der Waals surface area contributed by atoms with Crippen LogP contribution in [0, 0.1) is 11.8 Å². The molecule has 0 radical (unpaired) electrons. The molecule has 0 unspecified atom stereocenters. The fourth-order valence-electron chi connectivity index (χ4n) is 1.86. The number of ether oxygens (including phenoxy) is 1. The highest BCUT2D eigenvalue weighted by Gasteiger charge is 2.30. The van der Waals surface area contributed by atoms with Gasteiger partial charge in [-0.2, -0.15) is 4.73 Å². The Labute approximate surface area is 114 Å². The number of rotatable bonds is 3. The van der Waals surface area contributed by atoms with E-state index in [0.717, 1.165) is 4.73 Å². The molecule has 7 heteroatoms. The van der Waals surface area contributed by atoms with Gasteiger partial charge in [-0.1, -0.05) is 12.1 Å². The Morgan fingerprint density at radius 3 is 2.75 bits per heavy atom. The molecule has 1 heterocycles. The zero-order valence-corrected chi connectivity index (χ0v) is 11.1. The van der Waals surface area contributed by atoms with Crippen LogP contribution in [-0.4, -0.2) is 33.7 Å². The van der Waals surface area contributed by atoms with E-state index in [2.05, 4.69) is 0 Å². The molecule has 1 atom stereocenters. The molecular weight excluding hydrogens is 264 g/mol. The molecule has 0 saturated carbocycles. The van der Waals surface area contributed by atoms with Crippen LogP contribution in [0.1, 0.15) is 23.1 Å². The molecule has 0 fully saturated rings. The second kappa shape index (κ2) is 5.30. The van der Waals surface area contributed by atoms with Crippen molar-refractivity contribution in [3.63, 3.8) is 0 Å². The first-order valence-electron chi connectivity index (χ1n) is 6.05. The Morgan fingerprint density at radius 1 is 1.45 bits per heavy atom. The molecule has 7 nitrogen and oxygen atoms in total. The normalized spacial score (nSPS) is 12.3. The predicted octanol–water partition coefficient (Wildman–Crippen LogP) is 0.639. The van der Waals surface area contributed by atoms with Gasteiger partial charge in [-0.05, 0) is 19.9 Å². The number of aliphatic hydroxyl groups is 1. The van der Waals surface area contributed by atoms with E-state index in [-0.39, 0.29) is 29.0 Å². The van der Waals surface area contributed by atoms with E-state index in [4.69, 9.17) is 9.84 Å². The third-order valence-electron chi connectivity index (χ3n) is 2.84.